The predicted molar refractivity (Wildman–Crippen MR) is 126 cm³/mol. The van der Waals surface area contributed by atoms with Crippen LogP contribution in [0.1, 0.15) is 28.1 Å². The molecule has 0 unspecified atom stereocenters. The Hall–Kier alpha value is -4.04. The van der Waals surface area contributed by atoms with Crippen LogP contribution in [-0.2, 0) is 9.53 Å². The van der Waals surface area contributed by atoms with Crippen molar-refractivity contribution in [2.24, 2.45) is 5.92 Å². The third-order valence-corrected chi connectivity index (χ3v) is 6.41. The summed E-state index contributed by atoms with van der Waals surface area (Å²) in [7, 11) is 2.93. The Balaban J connectivity index is 1.42. The average molecular weight is 479 g/mol. The standard InChI is InChI=1S/C23H22N6O4S/c1-32-19-6-4-15(12-26-19)20-17(11-24)34-23(27-20)28-21(30)16-3-5-18(25-13-16)29-9-7-14(8-10-29)22(31)33-2/h3-6,12-14H,7-10H2,1-2H3,(H,27,28,30). The highest BCUT2D eigenvalue weighted by Gasteiger charge is 2.26. The van der Waals surface area contributed by atoms with Crippen molar-refractivity contribution in [3.8, 4) is 23.2 Å². The van der Waals surface area contributed by atoms with E-state index in [-0.39, 0.29) is 17.8 Å². The number of pyridine rings is 2. The Morgan fingerprint density at radius 3 is 2.53 bits per heavy atom. The molecule has 1 aliphatic rings. The number of amides is 1. The molecule has 0 spiro atoms. The van der Waals surface area contributed by atoms with Gasteiger partial charge in [0.15, 0.2) is 5.13 Å². The molecule has 0 aliphatic carbocycles. The van der Waals surface area contributed by atoms with Gasteiger partial charge in [-0.2, -0.15) is 5.26 Å². The van der Waals surface area contributed by atoms with E-state index >= 15 is 0 Å². The number of thiazole rings is 1. The molecule has 3 aromatic heterocycles. The van der Waals surface area contributed by atoms with Gasteiger partial charge in [0.2, 0.25) is 5.88 Å². The zero-order chi connectivity index (χ0) is 24.1. The van der Waals surface area contributed by atoms with Crippen LogP contribution in [0.25, 0.3) is 11.3 Å². The number of ether oxygens (including phenoxy) is 2. The number of rotatable bonds is 6. The number of nitriles is 1. The van der Waals surface area contributed by atoms with Crippen LogP contribution in [-0.4, -0.2) is 54.1 Å². The minimum atomic E-state index is -0.374. The number of methoxy groups -OCH3 is 2. The topological polar surface area (TPSA) is 130 Å². The summed E-state index contributed by atoms with van der Waals surface area (Å²) in [5, 5.41) is 12.5. The van der Waals surface area contributed by atoms with E-state index in [1.165, 1.54) is 20.4 Å². The van der Waals surface area contributed by atoms with Crippen LogP contribution in [0.4, 0.5) is 10.9 Å². The number of carbonyl (C=O) groups excluding carboxylic acids is 2. The minimum absolute atomic E-state index is 0.0820. The molecule has 0 saturated carbocycles. The summed E-state index contributed by atoms with van der Waals surface area (Å²) in [6.45, 7) is 1.38. The smallest absolute Gasteiger partial charge is 0.308 e. The maximum absolute atomic E-state index is 12.7. The largest absolute Gasteiger partial charge is 0.481 e. The van der Waals surface area contributed by atoms with Gasteiger partial charge in [0.05, 0.1) is 25.7 Å². The van der Waals surface area contributed by atoms with E-state index in [9.17, 15) is 14.9 Å². The fourth-order valence-corrected chi connectivity index (χ4v) is 4.45. The van der Waals surface area contributed by atoms with Gasteiger partial charge in [0.1, 0.15) is 22.5 Å². The van der Waals surface area contributed by atoms with Crippen molar-refractivity contribution < 1.29 is 19.1 Å². The van der Waals surface area contributed by atoms with Crippen LogP contribution in [0, 0.1) is 17.2 Å². The summed E-state index contributed by atoms with van der Waals surface area (Å²) in [4.78, 5) is 39.8. The Morgan fingerprint density at radius 1 is 1.15 bits per heavy atom. The lowest BCUT2D eigenvalue weighted by atomic mass is 9.97. The fourth-order valence-electron chi connectivity index (χ4n) is 3.67. The molecule has 1 amide bonds. The molecule has 1 N–H and O–H groups in total. The van der Waals surface area contributed by atoms with Crippen molar-refractivity contribution in [2.45, 2.75) is 12.8 Å². The number of nitrogens with zero attached hydrogens (tertiary/aromatic N) is 5. The predicted octanol–water partition coefficient (Wildman–Crippen LogP) is 3.12. The highest BCUT2D eigenvalue weighted by atomic mass is 32.1. The third kappa shape index (κ3) is 4.97. The molecule has 4 heterocycles. The van der Waals surface area contributed by atoms with Gasteiger partial charge in [-0.3, -0.25) is 14.9 Å². The number of carbonyl (C=O) groups is 2. The van der Waals surface area contributed by atoms with Crippen LogP contribution < -0.4 is 15.0 Å². The van der Waals surface area contributed by atoms with Crippen LogP contribution in [0.15, 0.2) is 36.7 Å². The van der Waals surface area contributed by atoms with Crippen molar-refractivity contribution in [3.63, 3.8) is 0 Å². The molecule has 0 atom stereocenters. The summed E-state index contributed by atoms with van der Waals surface area (Å²) < 4.78 is 9.88. The van der Waals surface area contributed by atoms with E-state index in [2.05, 4.69) is 31.2 Å². The van der Waals surface area contributed by atoms with E-state index < -0.39 is 0 Å². The molecule has 34 heavy (non-hydrogen) atoms. The molecule has 10 nitrogen and oxygen atoms in total. The lowest BCUT2D eigenvalue weighted by Crippen LogP contribution is -2.37. The number of anilines is 2. The molecule has 1 aliphatic heterocycles. The summed E-state index contributed by atoms with van der Waals surface area (Å²) in [5.74, 6) is 0.570. The molecule has 0 aromatic carbocycles. The van der Waals surface area contributed by atoms with Crippen LogP contribution in [0.2, 0.25) is 0 Å². The number of nitrogens with one attached hydrogen (secondary N) is 1. The summed E-state index contributed by atoms with van der Waals surface area (Å²) in [6.07, 6.45) is 4.48. The van der Waals surface area contributed by atoms with Gasteiger partial charge in [0, 0.05) is 37.1 Å². The quantitative estimate of drug-likeness (QED) is 0.531. The Bertz CT molecular complexity index is 1210. The maximum atomic E-state index is 12.7. The first-order chi connectivity index (χ1) is 16.5. The van der Waals surface area contributed by atoms with Crippen LogP contribution >= 0.6 is 11.3 Å². The first-order valence-corrected chi connectivity index (χ1v) is 11.4. The molecule has 0 bridgehead atoms. The second-order valence-corrected chi connectivity index (χ2v) is 8.54. The molecule has 4 rings (SSSR count). The van der Waals surface area contributed by atoms with E-state index in [0.717, 1.165) is 17.2 Å². The lowest BCUT2D eigenvalue weighted by Gasteiger charge is -2.31. The third-order valence-electron chi connectivity index (χ3n) is 5.53. The van der Waals surface area contributed by atoms with Gasteiger partial charge in [0.25, 0.3) is 5.91 Å². The van der Waals surface area contributed by atoms with E-state index in [4.69, 9.17) is 9.47 Å². The molecule has 1 fully saturated rings. The van der Waals surface area contributed by atoms with E-state index in [1.54, 1.807) is 30.5 Å². The van der Waals surface area contributed by atoms with Crippen LogP contribution in [0.3, 0.4) is 0 Å². The number of hydrogen-bond acceptors (Lipinski definition) is 10. The van der Waals surface area contributed by atoms with Gasteiger partial charge in [-0.15, -0.1) is 0 Å². The average Bonchev–Trinajstić information content (AvgIpc) is 3.31. The summed E-state index contributed by atoms with van der Waals surface area (Å²) in [5.41, 5.74) is 1.47. The second kappa shape index (κ2) is 10.3. The number of aromatic nitrogens is 3. The van der Waals surface area contributed by atoms with E-state index in [0.29, 0.717) is 58.6 Å². The minimum Gasteiger partial charge on any atom is -0.481 e. The normalized spacial score (nSPS) is 13.7. The second-order valence-electron chi connectivity index (χ2n) is 7.54. The van der Waals surface area contributed by atoms with Gasteiger partial charge < -0.3 is 14.4 Å². The van der Waals surface area contributed by atoms with Gasteiger partial charge in [-0.1, -0.05) is 11.3 Å². The molecule has 1 saturated heterocycles. The Kier molecular flexibility index (Phi) is 6.98. The maximum Gasteiger partial charge on any atom is 0.308 e. The first kappa shape index (κ1) is 23.1. The molecular formula is C23H22N6O4S. The fraction of sp³-hybridized carbons (Fsp3) is 0.304. The van der Waals surface area contributed by atoms with E-state index in [1.807, 2.05) is 0 Å². The van der Waals surface area contributed by atoms with Crippen molar-refractivity contribution in [2.75, 3.05) is 37.5 Å². The van der Waals surface area contributed by atoms with Gasteiger partial charge >= 0.3 is 5.97 Å². The highest BCUT2D eigenvalue weighted by molar-refractivity contribution is 7.16. The van der Waals surface area contributed by atoms with Crippen molar-refractivity contribution in [3.05, 3.63) is 47.1 Å². The monoisotopic (exact) mass is 478 g/mol. The number of hydrogen-bond donors (Lipinski definition) is 1. The zero-order valence-corrected chi connectivity index (χ0v) is 19.5. The Morgan fingerprint density at radius 2 is 1.94 bits per heavy atom. The zero-order valence-electron chi connectivity index (χ0n) is 18.6. The van der Waals surface area contributed by atoms with Crippen molar-refractivity contribution in [1.82, 2.24) is 15.0 Å². The molecule has 3 aromatic rings. The summed E-state index contributed by atoms with van der Waals surface area (Å²) in [6, 6.07) is 9.02. The lowest BCUT2D eigenvalue weighted by molar-refractivity contribution is -0.146. The Labute approximate surface area is 200 Å². The van der Waals surface area contributed by atoms with Gasteiger partial charge in [-0.05, 0) is 31.0 Å². The van der Waals surface area contributed by atoms with Crippen LogP contribution in [0.5, 0.6) is 5.88 Å². The molecule has 174 valence electrons. The van der Waals surface area contributed by atoms with Gasteiger partial charge in [-0.25, -0.2) is 15.0 Å². The summed E-state index contributed by atoms with van der Waals surface area (Å²) >= 11 is 1.09. The molecular weight excluding hydrogens is 456 g/mol. The molecule has 0 radical (unpaired) electrons. The highest BCUT2D eigenvalue weighted by Crippen LogP contribution is 2.31. The van der Waals surface area contributed by atoms with Crippen molar-refractivity contribution in [1.29, 1.82) is 5.26 Å². The SMILES string of the molecule is COC(=O)C1CCN(c2ccc(C(=O)Nc3nc(-c4ccc(OC)nc4)c(C#N)s3)cn2)CC1. The number of esters is 1. The molecule has 11 heteroatoms. The first-order valence-electron chi connectivity index (χ1n) is 10.5. The number of piperidine rings is 1. The van der Waals surface area contributed by atoms with Crippen molar-refractivity contribution >= 4 is 34.2 Å².